The number of rotatable bonds is 5. The van der Waals surface area contributed by atoms with Gasteiger partial charge in [-0.05, 0) is 97.1 Å². The number of benzene rings is 2. The molecule has 0 amide bonds. The maximum atomic E-state index is 13.6. The quantitative estimate of drug-likeness (QED) is 0.432. The first-order valence-electron chi connectivity index (χ1n) is 12.2. The average Bonchev–Trinajstić information content (AvgIpc) is 3.16. The van der Waals surface area contributed by atoms with E-state index in [0.29, 0.717) is 46.1 Å². The highest BCUT2D eigenvalue weighted by molar-refractivity contribution is 6.11. The fraction of sp³-hybridized carbons (Fsp3) is 0.483. The van der Waals surface area contributed by atoms with Crippen LogP contribution in [0.15, 0.2) is 36.4 Å². The summed E-state index contributed by atoms with van der Waals surface area (Å²) in [5, 5.41) is 10.9. The minimum absolute atomic E-state index is 0.0332. The molecule has 0 radical (unpaired) electrons. The van der Waals surface area contributed by atoms with Crippen molar-refractivity contribution in [3.8, 4) is 23.0 Å². The molecule has 5 nitrogen and oxygen atoms in total. The normalized spacial score (nSPS) is 27.4. The second kappa shape index (κ2) is 8.37. The minimum Gasteiger partial charge on any atom is -0.507 e. The number of allylic oxidation sites excluding steroid dienone is 1. The summed E-state index contributed by atoms with van der Waals surface area (Å²) in [5.74, 6) is 2.74. The molecular weight excluding hydrogens is 428 g/mol. The fourth-order valence-electron chi connectivity index (χ4n) is 7.06. The highest BCUT2D eigenvalue weighted by atomic mass is 16.5. The van der Waals surface area contributed by atoms with E-state index in [2.05, 4.69) is 13.5 Å². The first kappa shape index (κ1) is 22.8. The van der Waals surface area contributed by atoms with Crippen molar-refractivity contribution in [1.82, 2.24) is 0 Å². The van der Waals surface area contributed by atoms with Crippen LogP contribution in [0.3, 0.4) is 0 Å². The number of hydrogen-bond acceptors (Lipinski definition) is 5. The van der Waals surface area contributed by atoms with E-state index in [4.69, 9.17) is 14.2 Å². The van der Waals surface area contributed by atoms with Crippen molar-refractivity contribution >= 4 is 5.78 Å². The highest BCUT2D eigenvalue weighted by Crippen LogP contribution is 2.62. The van der Waals surface area contributed by atoms with Gasteiger partial charge in [-0.1, -0.05) is 19.1 Å². The Labute approximate surface area is 201 Å². The van der Waals surface area contributed by atoms with Crippen molar-refractivity contribution in [2.45, 2.75) is 51.4 Å². The molecule has 34 heavy (non-hydrogen) atoms. The summed E-state index contributed by atoms with van der Waals surface area (Å²) in [6.07, 6.45) is 6.70. The van der Waals surface area contributed by atoms with E-state index >= 15 is 0 Å². The average molecular weight is 463 g/mol. The highest BCUT2D eigenvalue weighted by Gasteiger charge is 2.52. The summed E-state index contributed by atoms with van der Waals surface area (Å²) in [7, 11) is 4.58. The molecule has 5 heteroatoms. The number of aryl methyl sites for hydroxylation is 1. The molecule has 180 valence electrons. The van der Waals surface area contributed by atoms with E-state index < -0.39 is 0 Å². The number of phenols is 1. The molecule has 2 aromatic rings. The zero-order chi connectivity index (χ0) is 24.2. The third-order valence-corrected chi connectivity index (χ3v) is 8.97. The van der Waals surface area contributed by atoms with Crippen LogP contribution in [0.5, 0.6) is 23.0 Å². The first-order valence-corrected chi connectivity index (χ1v) is 12.2. The van der Waals surface area contributed by atoms with Gasteiger partial charge in [0, 0.05) is 5.56 Å². The molecule has 0 saturated heterocycles. The molecule has 0 bridgehead atoms. The van der Waals surface area contributed by atoms with Gasteiger partial charge in [-0.25, -0.2) is 0 Å². The van der Waals surface area contributed by atoms with E-state index in [1.165, 1.54) is 44.5 Å². The van der Waals surface area contributed by atoms with E-state index in [-0.39, 0.29) is 16.9 Å². The Bertz CT molecular complexity index is 1140. The van der Waals surface area contributed by atoms with Crippen LogP contribution >= 0.6 is 0 Å². The molecule has 0 aromatic heterocycles. The molecule has 1 N–H and O–H groups in total. The van der Waals surface area contributed by atoms with Crippen LogP contribution in [-0.2, 0) is 6.42 Å². The van der Waals surface area contributed by atoms with Crippen molar-refractivity contribution in [3.05, 3.63) is 58.7 Å². The molecule has 3 aliphatic rings. The van der Waals surface area contributed by atoms with Gasteiger partial charge in [-0.2, -0.15) is 0 Å². The molecule has 0 aliphatic heterocycles. The zero-order valence-corrected chi connectivity index (χ0v) is 20.6. The Hall–Kier alpha value is -2.95. The van der Waals surface area contributed by atoms with Crippen molar-refractivity contribution in [3.63, 3.8) is 0 Å². The summed E-state index contributed by atoms with van der Waals surface area (Å²) in [6, 6.07) is 7.06. The van der Waals surface area contributed by atoms with Gasteiger partial charge in [0.25, 0.3) is 0 Å². The Morgan fingerprint density at radius 3 is 2.35 bits per heavy atom. The fourth-order valence-corrected chi connectivity index (χ4v) is 7.06. The molecule has 4 atom stereocenters. The van der Waals surface area contributed by atoms with Crippen LogP contribution in [0.25, 0.3) is 0 Å². The Morgan fingerprint density at radius 2 is 1.71 bits per heavy atom. The second-order valence-corrected chi connectivity index (χ2v) is 10.3. The zero-order valence-electron chi connectivity index (χ0n) is 20.6. The van der Waals surface area contributed by atoms with Crippen molar-refractivity contribution in [2.24, 2.45) is 17.3 Å². The van der Waals surface area contributed by atoms with E-state index in [9.17, 15) is 9.90 Å². The number of aromatic hydroxyl groups is 1. The summed E-state index contributed by atoms with van der Waals surface area (Å²) in [6.45, 7) is 6.82. The number of methoxy groups -OCH3 is 3. The van der Waals surface area contributed by atoms with Crippen LogP contribution in [-0.4, -0.2) is 32.2 Å². The molecule has 0 heterocycles. The summed E-state index contributed by atoms with van der Waals surface area (Å²) in [5.41, 5.74) is 4.82. The Morgan fingerprint density at radius 1 is 1.00 bits per heavy atom. The van der Waals surface area contributed by atoms with Gasteiger partial charge in [0.1, 0.15) is 5.75 Å². The van der Waals surface area contributed by atoms with Crippen molar-refractivity contribution < 1.29 is 24.1 Å². The molecule has 0 unspecified atom stereocenters. The van der Waals surface area contributed by atoms with E-state index in [0.717, 1.165) is 32.1 Å². The maximum absolute atomic E-state index is 13.6. The molecular formula is C29H34O5. The predicted octanol–water partition coefficient (Wildman–Crippen LogP) is 6.06. The minimum atomic E-state index is -0.253. The lowest BCUT2D eigenvalue weighted by Crippen LogP contribution is -2.40. The maximum Gasteiger partial charge on any atom is 0.203 e. The van der Waals surface area contributed by atoms with Crippen molar-refractivity contribution in [1.29, 1.82) is 0 Å². The van der Waals surface area contributed by atoms with Crippen LogP contribution in [0.1, 0.15) is 72.0 Å². The number of fused-ring (bicyclic) bond motifs is 5. The molecule has 2 saturated carbocycles. The number of hydrogen-bond donors (Lipinski definition) is 1. The molecule has 5 rings (SSSR count). The van der Waals surface area contributed by atoms with Crippen LogP contribution < -0.4 is 14.2 Å². The standard InChI is InChI=1S/C29H34O5/c1-16-6-9-23-20-8-7-17-12-24(30)22(15-21(17)19(20)10-11-29(16,23)2)27(31)18-13-25(32-3)28(34-5)26(14-18)33-4/h12-15,19-20,23,30H,1,6-11H2,2-5H3/t19-,20+,23-,29+/m0/s1. The number of carbonyl (C=O) groups excluding carboxylic acids is 1. The van der Waals surface area contributed by atoms with Gasteiger partial charge in [-0.3, -0.25) is 4.79 Å². The first-order chi connectivity index (χ1) is 16.3. The lowest BCUT2D eigenvalue weighted by molar-refractivity contribution is 0.0815. The van der Waals surface area contributed by atoms with Crippen LogP contribution in [0.2, 0.25) is 0 Å². The predicted molar refractivity (Wildman–Crippen MR) is 131 cm³/mol. The van der Waals surface area contributed by atoms with Crippen LogP contribution in [0, 0.1) is 17.3 Å². The Kier molecular flexibility index (Phi) is 5.62. The van der Waals surface area contributed by atoms with Gasteiger partial charge in [0.05, 0.1) is 26.9 Å². The van der Waals surface area contributed by atoms with Gasteiger partial charge in [-0.15, -0.1) is 0 Å². The van der Waals surface area contributed by atoms with E-state index in [1.807, 2.05) is 12.1 Å². The van der Waals surface area contributed by atoms with Gasteiger partial charge >= 0.3 is 0 Å². The van der Waals surface area contributed by atoms with Gasteiger partial charge in [0.15, 0.2) is 17.3 Å². The summed E-state index contributed by atoms with van der Waals surface area (Å²) < 4.78 is 16.2. The number of phenolic OH excluding ortho intramolecular Hbond substituents is 1. The lowest BCUT2D eigenvalue weighted by atomic mass is 9.55. The molecule has 0 spiro atoms. The number of ketones is 1. The monoisotopic (exact) mass is 462 g/mol. The lowest BCUT2D eigenvalue weighted by Gasteiger charge is -2.49. The van der Waals surface area contributed by atoms with Gasteiger partial charge in [0.2, 0.25) is 5.75 Å². The largest absolute Gasteiger partial charge is 0.507 e. The molecule has 2 fully saturated rings. The SMILES string of the molecule is C=C1CC[C@H]2[C@@H]3CCc4cc(O)c(C(=O)c5cc(OC)c(OC)c(OC)c5)cc4[C@H]3CC[C@]12C. The van der Waals surface area contributed by atoms with Crippen LogP contribution in [0.4, 0.5) is 0 Å². The topological polar surface area (TPSA) is 65.0 Å². The smallest absolute Gasteiger partial charge is 0.203 e. The molecule has 3 aliphatic carbocycles. The third kappa shape index (κ3) is 3.31. The number of carbonyl (C=O) groups is 1. The van der Waals surface area contributed by atoms with E-state index in [1.54, 1.807) is 12.1 Å². The second-order valence-electron chi connectivity index (χ2n) is 10.3. The molecule has 2 aromatic carbocycles. The summed E-state index contributed by atoms with van der Waals surface area (Å²) in [4.78, 5) is 13.6. The van der Waals surface area contributed by atoms with Gasteiger partial charge < -0.3 is 19.3 Å². The van der Waals surface area contributed by atoms with Crippen molar-refractivity contribution in [2.75, 3.05) is 21.3 Å². The Balaban J connectivity index is 1.53. The third-order valence-electron chi connectivity index (χ3n) is 8.97. The summed E-state index contributed by atoms with van der Waals surface area (Å²) >= 11 is 0. The number of ether oxygens (including phenoxy) is 3.